The molecular formula is C49H145NO3. The van der Waals surface area contributed by atoms with Crippen molar-refractivity contribution in [1.82, 2.24) is 5.32 Å². The van der Waals surface area contributed by atoms with Gasteiger partial charge in [-0.3, -0.25) is 4.79 Å². The molecule has 0 radical (unpaired) electrons. The maximum absolute atomic E-state index is 11.9. The van der Waals surface area contributed by atoms with Crippen molar-refractivity contribution in [2.24, 2.45) is 5.92 Å². The minimum atomic E-state index is -0.938. The summed E-state index contributed by atoms with van der Waals surface area (Å²) in [6.07, 6.45) is 21.5. The predicted octanol–water partition coefficient (Wildman–Crippen LogP) is 22.5. The van der Waals surface area contributed by atoms with E-state index in [1.54, 1.807) is 0 Å². The molecule has 0 rings (SSSR count). The van der Waals surface area contributed by atoms with Gasteiger partial charge in [0.05, 0.1) is 0 Å². The number of hydrogen-bond donors (Lipinski definition) is 2. The second kappa shape index (κ2) is 152. The standard InChI is InChI=1S/C24H45NO3.25CH4/c1-4-5-6-7-8-9-10-11-12-13-14-15-16-17-18-19-23(26)25-22(24(27)28)20-21(2)3;;;;;;;;;;;;;;;;;;;;;;;;;/h11-12,21-22H,4-10,13-20H2,1-3H3,(H,25,26)(H,27,28);25*1H4/b12-11-;;;;;;;;;;;;;;;;;;;;;;;;;. The van der Waals surface area contributed by atoms with Gasteiger partial charge in [0.15, 0.2) is 0 Å². The zero-order chi connectivity index (χ0) is 21.0. The lowest BCUT2D eigenvalue weighted by atomic mass is 10.0. The fourth-order valence-electron chi connectivity index (χ4n) is 3.32. The van der Waals surface area contributed by atoms with E-state index in [4.69, 9.17) is 5.11 Å². The number of amides is 1. The Bertz CT molecular complexity index is 422. The van der Waals surface area contributed by atoms with Gasteiger partial charge < -0.3 is 10.4 Å². The van der Waals surface area contributed by atoms with Crippen LogP contribution in [-0.4, -0.2) is 23.0 Å². The molecule has 0 spiro atoms. The van der Waals surface area contributed by atoms with E-state index in [0.717, 1.165) is 25.7 Å². The van der Waals surface area contributed by atoms with E-state index >= 15 is 0 Å². The number of carboxylic acid groups (broad SMARTS) is 1. The van der Waals surface area contributed by atoms with Crippen molar-refractivity contribution in [3.8, 4) is 0 Å². The van der Waals surface area contributed by atoms with Crippen molar-refractivity contribution in [1.29, 1.82) is 0 Å². The topological polar surface area (TPSA) is 66.4 Å². The Labute approximate surface area is 357 Å². The van der Waals surface area contributed by atoms with Gasteiger partial charge in [0.25, 0.3) is 0 Å². The first-order valence-electron chi connectivity index (χ1n) is 11.6. The van der Waals surface area contributed by atoms with Crippen molar-refractivity contribution in [3.05, 3.63) is 12.2 Å². The van der Waals surface area contributed by atoms with Crippen LogP contribution in [0.1, 0.15) is 303 Å². The van der Waals surface area contributed by atoms with Crippen LogP contribution in [-0.2, 0) is 9.59 Å². The molecule has 0 aliphatic rings. The molecule has 0 fully saturated rings. The van der Waals surface area contributed by atoms with Crippen molar-refractivity contribution < 1.29 is 14.7 Å². The summed E-state index contributed by atoms with van der Waals surface area (Å²) < 4.78 is 0. The molecule has 0 aliphatic carbocycles. The molecule has 0 saturated heterocycles. The molecule has 0 aromatic carbocycles. The van der Waals surface area contributed by atoms with Crippen molar-refractivity contribution in [3.63, 3.8) is 0 Å². The van der Waals surface area contributed by atoms with Crippen LogP contribution in [0.5, 0.6) is 0 Å². The molecule has 53 heavy (non-hydrogen) atoms. The van der Waals surface area contributed by atoms with Gasteiger partial charge >= 0.3 is 5.97 Å². The third-order valence-electron chi connectivity index (χ3n) is 5.01. The number of unbranched alkanes of at least 4 members (excludes halogenated alkanes) is 11. The van der Waals surface area contributed by atoms with E-state index in [-0.39, 0.29) is 197 Å². The predicted molar refractivity (Wildman–Crippen MR) is 287 cm³/mol. The Morgan fingerprint density at radius 1 is 0.453 bits per heavy atom. The van der Waals surface area contributed by atoms with Gasteiger partial charge in [0, 0.05) is 6.42 Å². The van der Waals surface area contributed by atoms with E-state index in [2.05, 4.69) is 24.4 Å². The largest absolute Gasteiger partial charge is 0.480 e. The number of rotatable bonds is 19. The smallest absolute Gasteiger partial charge is 0.326 e. The summed E-state index contributed by atoms with van der Waals surface area (Å²) in [5, 5.41) is 11.8. The van der Waals surface area contributed by atoms with Crippen LogP contribution in [0, 0.1) is 5.92 Å². The summed E-state index contributed by atoms with van der Waals surface area (Å²) in [4.78, 5) is 23.1. The van der Waals surface area contributed by atoms with Crippen LogP contribution in [0.3, 0.4) is 0 Å². The summed E-state index contributed by atoms with van der Waals surface area (Å²) in [5.41, 5.74) is 0. The van der Waals surface area contributed by atoms with Gasteiger partial charge in [-0.05, 0) is 44.4 Å². The first-order valence-corrected chi connectivity index (χ1v) is 11.6. The summed E-state index contributed by atoms with van der Waals surface area (Å²) in [5.74, 6) is -0.821. The van der Waals surface area contributed by atoms with Gasteiger partial charge in [-0.25, -0.2) is 4.79 Å². The minimum Gasteiger partial charge on any atom is -0.480 e. The first kappa shape index (κ1) is 201. The normalized spacial score (nSPS) is 6.64. The Kier molecular flexibility index (Phi) is 578. The highest BCUT2D eigenvalue weighted by atomic mass is 16.4. The fraction of sp³-hybridized carbons (Fsp3) is 0.918. The third kappa shape index (κ3) is 157. The molecule has 364 valence electrons. The van der Waals surface area contributed by atoms with Crippen LogP contribution >= 0.6 is 0 Å². The van der Waals surface area contributed by atoms with Crippen LogP contribution in [0.25, 0.3) is 0 Å². The molecule has 0 saturated carbocycles. The first-order chi connectivity index (χ1) is 13.5. The lowest BCUT2D eigenvalue weighted by Crippen LogP contribution is -2.41. The molecule has 0 aromatic heterocycles. The molecule has 0 aromatic rings. The number of hydrogen-bond acceptors (Lipinski definition) is 2. The van der Waals surface area contributed by atoms with Crippen LogP contribution < -0.4 is 5.32 Å². The van der Waals surface area contributed by atoms with E-state index in [0.29, 0.717) is 12.8 Å². The summed E-state index contributed by atoms with van der Waals surface area (Å²) in [6.45, 7) is 6.18. The fourth-order valence-corrected chi connectivity index (χ4v) is 3.32. The van der Waals surface area contributed by atoms with Crippen LogP contribution in [0.15, 0.2) is 12.2 Å². The molecule has 1 amide bonds. The lowest BCUT2D eigenvalue weighted by Gasteiger charge is -2.16. The highest BCUT2D eigenvalue weighted by molar-refractivity contribution is 5.83. The number of aliphatic carboxylic acids is 1. The van der Waals surface area contributed by atoms with Crippen molar-refractivity contribution >= 4 is 11.9 Å². The highest BCUT2D eigenvalue weighted by Gasteiger charge is 2.20. The van der Waals surface area contributed by atoms with Gasteiger partial charge in [-0.2, -0.15) is 0 Å². The summed E-state index contributed by atoms with van der Waals surface area (Å²) in [6, 6.07) is -0.754. The second-order valence-electron chi connectivity index (χ2n) is 8.42. The molecule has 4 nitrogen and oxygen atoms in total. The number of carboxylic acids is 1. The quantitative estimate of drug-likeness (QED) is 0.101. The van der Waals surface area contributed by atoms with Crippen LogP contribution in [0.2, 0.25) is 0 Å². The van der Waals surface area contributed by atoms with E-state index in [1.807, 2.05) is 13.8 Å². The van der Waals surface area contributed by atoms with Crippen molar-refractivity contribution in [2.45, 2.75) is 309 Å². The maximum atomic E-state index is 11.9. The zero-order valence-electron chi connectivity index (χ0n) is 18.7. The lowest BCUT2D eigenvalue weighted by molar-refractivity contribution is -0.142. The monoisotopic (exact) mass is 796 g/mol. The van der Waals surface area contributed by atoms with Gasteiger partial charge in [0.1, 0.15) is 6.04 Å². The van der Waals surface area contributed by atoms with Gasteiger partial charge in [-0.15, -0.1) is 0 Å². The van der Waals surface area contributed by atoms with Crippen LogP contribution in [0.4, 0.5) is 0 Å². The summed E-state index contributed by atoms with van der Waals surface area (Å²) in [7, 11) is 0. The average molecular weight is 797 g/mol. The molecular weight excluding hydrogens is 651 g/mol. The van der Waals surface area contributed by atoms with Gasteiger partial charge in [0.2, 0.25) is 5.91 Å². The Balaban J connectivity index is -0.0000000121. The van der Waals surface area contributed by atoms with Gasteiger partial charge in [-0.1, -0.05) is 270 Å². The van der Waals surface area contributed by atoms with E-state index in [9.17, 15) is 9.59 Å². The molecule has 1 atom stereocenters. The number of nitrogens with one attached hydrogen (secondary N) is 1. The Hall–Kier alpha value is -1.32. The molecule has 2 N–H and O–H groups in total. The van der Waals surface area contributed by atoms with E-state index in [1.165, 1.54) is 57.8 Å². The van der Waals surface area contributed by atoms with Crippen molar-refractivity contribution in [2.75, 3.05) is 0 Å². The Morgan fingerprint density at radius 3 is 0.981 bits per heavy atom. The number of carbonyl (C=O) groups excluding carboxylic acids is 1. The average Bonchev–Trinajstić information content (AvgIpc) is 2.64. The zero-order valence-corrected chi connectivity index (χ0v) is 18.7. The highest BCUT2D eigenvalue weighted by Crippen LogP contribution is 2.10. The molecule has 0 bridgehead atoms. The molecule has 0 heterocycles. The second-order valence-corrected chi connectivity index (χ2v) is 8.42. The maximum Gasteiger partial charge on any atom is 0.326 e. The number of allylic oxidation sites excluding steroid dienone is 2. The SMILES string of the molecule is C.C.C.C.C.C.C.C.C.C.C.C.C.C.C.C.C.C.C.C.C.C.C.C.C.CCCCCCCC/C=C\CCCCCCCC(=O)NC(CC(C)C)C(=O)O. The molecule has 0 aliphatic heterocycles. The number of carbonyl (C=O) groups is 2. The molecule has 4 heteroatoms. The third-order valence-corrected chi connectivity index (χ3v) is 5.01. The molecule has 1 unspecified atom stereocenters. The van der Waals surface area contributed by atoms with E-state index < -0.39 is 12.0 Å². The Morgan fingerprint density at radius 2 is 0.717 bits per heavy atom. The summed E-state index contributed by atoms with van der Waals surface area (Å²) >= 11 is 0. The minimum absolute atomic E-state index is 0.